The van der Waals surface area contributed by atoms with Crippen molar-refractivity contribution >= 4 is 12.0 Å². The molecule has 1 aromatic rings. The highest BCUT2D eigenvalue weighted by Crippen LogP contribution is 2.15. The van der Waals surface area contributed by atoms with E-state index in [2.05, 4.69) is 5.32 Å². The van der Waals surface area contributed by atoms with Gasteiger partial charge in [-0.2, -0.15) is 0 Å². The number of carbonyl (C=O) groups is 1. The summed E-state index contributed by atoms with van der Waals surface area (Å²) in [6, 6.07) is 1.84. The quantitative estimate of drug-likeness (QED) is 0.754. The van der Waals surface area contributed by atoms with Crippen LogP contribution in [0, 0.1) is 6.92 Å². The highest BCUT2D eigenvalue weighted by atomic mass is 16.3. The molecule has 1 N–H and O–H groups in total. The number of rotatable bonds is 2. The van der Waals surface area contributed by atoms with E-state index in [9.17, 15) is 4.79 Å². The fraction of sp³-hybridized carbons (Fsp3) is 0.300. The van der Waals surface area contributed by atoms with Crippen LogP contribution >= 0.6 is 0 Å². The minimum Gasteiger partial charge on any atom is -0.451 e. The fourth-order valence-electron chi connectivity index (χ4n) is 1.09. The Morgan fingerprint density at radius 3 is 2.85 bits per heavy atom. The molecule has 3 heteroatoms. The molecule has 0 unspecified atom stereocenters. The molecule has 3 nitrogen and oxygen atoms in total. The topological polar surface area (TPSA) is 42.2 Å². The van der Waals surface area contributed by atoms with E-state index in [-0.39, 0.29) is 5.91 Å². The predicted molar refractivity (Wildman–Crippen MR) is 51.5 cm³/mol. The van der Waals surface area contributed by atoms with E-state index in [1.54, 1.807) is 7.05 Å². The minimum atomic E-state index is -0.187. The zero-order chi connectivity index (χ0) is 9.84. The summed E-state index contributed by atoms with van der Waals surface area (Å²) in [5.41, 5.74) is 0.854. The van der Waals surface area contributed by atoms with Crippen molar-refractivity contribution in [2.75, 3.05) is 7.05 Å². The zero-order valence-corrected chi connectivity index (χ0v) is 8.05. The number of amides is 1. The van der Waals surface area contributed by atoms with E-state index in [0.29, 0.717) is 11.5 Å². The summed E-state index contributed by atoms with van der Waals surface area (Å²) >= 11 is 0. The van der Waals surface area contributed by atoms with E-state index in [1.807, 2.05) is 32.1 Å². The van der Waals surface area contributed by atoms with Crippen LogP contribution in [-0.2, 0) is 0 Å². The van der Waals surface area contributed by atoms with Crippen LogP contribution in [0.1, 0.15) is 28.8 Å². The molecule has 0 spiro atoms. The second kappa shape index (κ2) is 3.94. The number of allylic oxidation sites excluding steroid dienone is 1. The van der Waals surface area contributed by atoms with Gasteiger partial charge in [-0.05, 0) is 26.0 Å². The highest BCUT2D eigenvalue weighted by Gasteiger charge is 2.12. The van der Waals surface area contributed by atoms with E-state index in [0.717, 1.165) is 5.56 Å². The van der Waals surface area contributed by atoms with Gasteiger partial charge in [0.1, 0.15) is 5.76 Å². The predicted octanol–water partition coefficient (Wildman–Crippen LogP) is 1.98. The molecule has 0 radical (unpaired) electrons. The first kappa shape index (κ1) is 9.58. The van der Waals surface area contributed by atoms with Gasteiger partial charge in [-0.15, -0.1) is 0 Å². The number of nitrogens with one attached hydrogen (secondary N) is 1. The van der Waals surface area contributed by atoms with E-state index in [4.69, 9.17) is 4.42 Å². The molecule has 0 aliphatic carbocycles. The molecule has 0 aromatic carbocycles. The molecule has 0 saturated carbocycles. The first-order valence-corrected chi connectivity index (χ1v) is 4.14. The van der Waals surface area contributed by atoms with Crippen LogP contribution in [0.4, 0.5) is 0 Å². The van der Waals surface area contributed by atoms with Crippen molar-refractivity contribution in [2.45, 2.75) is 13.8 Å². The van der Waals surface area contributed by atoms with Crippen LogP contribution in [0.25, 0.3) is 6.08 Å². The molecule has 0 fully saturated rings. The molecule has 1 aromatic heterocycles. The van der Waals surface area contributed by atoms with Crippen LogP contribution in [0.3, 0.4) is 0 Å². The standard InChI is InChI=1S/C10H13NO2/c1-4-5-8-6-7(2)9(13-8)10(12)11-3/h4-6H,1-3H3,(H,11,12)/b5-4+. The Kier molecular flexibility index (Phi) is 2.90. The number of aryl methyl sites for hydroxylation is 1. The third-order valence-electron chi connectivity index (χ3n) is 1.70. The van der Waals surface area contributed by atoms with Gasteiger partial charge in [0.25, 0.3) is 5.91 Å². The van der Waals surface area contributed by atoms with Crippen molar-refractivity contribution in [3.05, 3.63) is 29.2 Å². The molecule has 70 valence electrons. The molecule has 0 saturated heterocycles. The maximum atomic E-state index is 11.2. The van der Waals surface area contributed by atoms with Gasteiger partial charge in [0.2, 0.25) is 0 Å². The number of furan rings is 1. The Balaban J connectivity index is 3.02. The molecule has 1 heterocycles. The Morgan fingerprint density at radius 2 is 2.31 bits per heavy atom. The number of carbonyl (C=O) groups excluding carboxylic acids is 1. The van der Waals surface area contributed by atoms with Crippen LogP contribution in [0.5, 0.6) is 0 Å². The van der Waals surface area contributed by atoms with Crippen LogP contribution in [-0.4, -0.2) is 13.0 Å². The fourth-order valence-corrected chi connectivity index (χ4v) is 1.09. The average molecular weight is 179 g/mol. The SMILES string of the molecule is C/C=C/c1cc(C)c(C(=O)NC)o1. The van der Waals surface area contributed by atoms with E-state index in [1.165, 1.54) is 0 Å². The lowest BCUT2D eigenvalue weighted by molar-refractivity contribution is 0.0934. The number of hydrogen-bond donors (Lipinski definition) is 1. The maximum Gasteiger partial charge on any atom is 0.287 e. The van der Waals surface area contributed by atoms with Crippen molar-refractivity contribution in [3.63, 3.8) is 0 Å². The summed E-state index contributed by atoms with van der Waals surface area (Å²) in [7, 11) is 1.58. The lowest BCUT2D eigenvalue weighted by Crippen LogP contribution is -2.17. The summed E-state index contributed by atoms with van der Waals surface area (Å²) in [6.07, 6.45) is 3.69. The minimum absolute atomic E-state index is 0.187. The summed E-state index contributed by atoms with van der Waals surface area (Å²) in [6.45, 7) is 3.75. The van der Waals surface area contributed by atoms with Gasteiger partial charge in [-0.3, -0.25) is 4.79 Å². The Labute approximate surface area is 77.4 Å². The van der Waals surface area contributed by atoms with Gasteiger partial charge in [-0.1, -0.05) is 6.08 Å². The summed E-state index contributed by atoms with van der Waals surface area (Å²) in [5.74, 6) is 0.905. The monoisotopic (exact) mass is 179 g/mol. The van der Waals surface area contributed by atoms with Gasteiger partial charge in [-0.25, -0.2) is 0 Å². The second-order valence-electron chi connectivity index (χ2n) is 2.74. The largest absolute Gasteiger partial charge is 0.451 e. The molecule has 0 aliphatic heterocycles. The lowest BCUT2D eigenvalue weighted by Gasteiger charge is -1.94. The van der Waals surface area contributed by atoms with Gasteiger partial charge >= 0.3 is 0 Å². The molecule has 13 heavy (non-hydrogen) atoms. The van der Waals surface area contributed by atoms with E-state index < -0.39 is 0 Å². The lowest BCUT2D eigenvalue weighted by atomic mass is 10.2. The third kappa shape index (κ3) is 1.99. The molecule has 1 amide bonds. The van der Waals surface area contributed by atoms with Crippen molar-refractivity contribution in [2.24, 2.45) is 0 Å². The summed E-state index contributed by atoms with van der Waals surface area (Å²) < 4.78 is 5.31. The average Bonchev–Trinajstić information content (AvgIpc) is 2.46. The molecule has 1 rings (SSSR count). The Bertz CT molecular complexity index is 337. The molecular weight excluding hydrogens is 166 g/mol. The third-order valence-corrected chi connectivity index (χ3v) is 1.70. The van der Waals surface area contributed by atoms with Gasteiger partial charge in [0, 0.05) is 12.6 Å². The summed E-state index contributed by atoms with van der Waals surface area (Å²) in [4.78, 5) is 11.2. The Morgan fingerprint density at radius 1 is 1.62 bits per heavy atom. The second-order valence-corrected chi connectivity index (χ2v) is 2.74. The molecule has 0 aliphatic rings. The summed E-state index contributed by atoms with van der Waals surface area (Å²) in [5, 5.41) is 2.52. The molecular formula is C10H13NO2. The van der Waals surface area contributed by atoms with E-state index >= 15 is 0 Å². The van der Waals surface area contributed by atoms with Crippen molar-refractivity contribution < 1.29 is 9.21 Å². The van der Waals surface area contributed by atoms with Crippen molar-refractivity contribution in [1.82, 2.24) is 5.32 Å². The zero-order valence-electron chi connectivity index (χ0n) is 8.05. The molecule has 0 atom stereocenters. The van der Waals surface area contributed by atoms with Gasteiger partial charge in [0.05, 0.1) is 0 Å². The van der Waals surface area contributed by atoms with Crippen molar-refractivity contribution in [3.8, 4) is 0 Å². The maximum absolute atomic E-state index is 11.2. The van der Waals surface area contributed by atoms with Crippen molar-refractivity contribution in [1.29, 1.82) is 0 Å². The first-order chi connectivity index (χ1) is 6.19. The smallest absolute Gasteiger partial charge is 0.287 e. The van der Waals surface area contributed by atoms with Crippen LogP contribution < -0.4 is 5.32 Å². The highest BCUT2D eigenvalue weighted by molar-refractivity contribution is 5.92. The Hall–Kier alpha value is -1.51. The first-order valence-electron chi connectivity index (χ1n) is 4.14. The number of hydrogen-bond acceptors (Lipinski definition) is 2. The normalized spacial score (nSPS) is 10.7. The molecule has 0 bridgehead atoms. The van der Waals surface area contributed by atoms with Gasteiger partial charge < -0.3 is 9.73 Å². The van der Waals surface area contributed by atoms with Crippen LogP contribution in [0.15, 0.2) is 16.6 Å². The van der Waals surface area contributed by atoms with Crippen LogP contribution in [0.2, 0.25) is 0 Å². The van der Waals surface area contributed by atoms with Gasteiger partial charge in [0.15, 0.2) is 5.76 Å².